The number of carbonyl (C=O) groups is 2. The molecule has 0 aromatic rings. The predicted molar refractivity (Wildman–Crippen MR) is 117 cm³/mol. The molecule has 2 atom stereocenters. The average molecular weight is 438 g/mol. The molecule has 2 aliphatic rings. The first-order chi connectivity index (χ1) is 14.6. The van der Waals surface area contributed by atoms with Gasteiger partial charge < -0.3 is 20.2 Å². The second-order valence-electron chi connectivity index (χ2n) is 9.76. The molecule has 9 nitrogen and oxygen atoms in total. The molecule has 0 bridgehead atoms. The number of morpholine rings is 1. The summed E-state index contributed by atoms with van der Waals surface area (Å²) in [5.74, 6) is -0.346. The summed E-state index contributed by atoms with van der Waals surface area (Å²) in [4.78, 5) is 33.3. The highest BCUT2D eigenvalue weighted by Crippen LogP contribution is 2.26. The van der Waals surface area contributed by atoms with Crippen LogP contribution in [0.25, 0.3) is 0 Å². The highest BCUT2D eigenvalue weighted by Gasteiger charge is 2.43. The van der Waals surface area contributed by atoms with Crippen molar-refractivity contribution >= 4 is 12.0 Å². The first-order valence-electron chi connectivity index (χ1n) is 11.4. The summed E-state index contributed by atoms with van der Waals surface area (Å²) in [5.41, 5.74) is -1.14. The molecule has 176 valence electrons. The number of hydrogen-bond acceptors (Lipinski definition) is 7. The van der Waals surface area contributed by atoms with E-state index in [4.69, 9.17) is 9.57 Å². The number of nitriles is 1. The van der Waals surface area contributed by atoms with Crippen LogP contribution in [0.15, 0.2) is 0 Å². The Morgan fingerprint density at radius 2 is 1.84 bits per heavy atom. The average Bonchev–Trinajstić information content (AvgIpc) is 3.12. The summed E-state index contributed by atoms with van der Waals surface area (Å²) in [6.45, 7) is 13.6. The Bertz CT molecular complexity index is 649. The molecule has 0 aromatic carbocycles. The molecule has 2 rings (SSSR count). The van der Waals surface area contributed by atoms with Crippen LogP contribution in [0.3, 0.4) is 0 Å². The Morgan fingerprint density at radius 1 is 1.19 bits per heavy atom. The molecular formula is C22H39N5O4. The van der Waals surface area contributed by atoms with Crippen molar-refractivity contribution in [2.75, 3.05) is 39.4 Å². The summed E-state index contributed by atoms with van der Waals surface area (Å²) in [6, 6.07) is 1.95. The van der Waals surface area contributed by atoms with Crippen molar-refractivity contribution in [1.82, 2.24) is 20.6 Å². The van der Waals surface area contributed by atoms with Gasteiger partial charge in [0.1, 0.15) is 11.6 Å². The minimum atomic E-state index is -0.939. The van der Waals surface area contributed by atoms with Crippen LogP contribution in [0.2, 0.25) is 0 Å². The number of rotatable bonds is 8. The Morgan fingerprint density at radius 3 is 2.39 bits per heavy atom. The highest BCUT2D eigenvalue weighted by molar-refractivity contribution is 5.86. The molecule has 2 amide bonds. The number of nitrogens with zero attached hydrogens (tertiary/aromatic N) is 3. The van der Waals surface area contributed by atoms with Crippen LogP contribution in [0.1, 0.15) is 60.3 Å². The van der Waals surface area contributed by atoms with Gasteiger partial charge in [-0.3, -0.25) is 9.69 Å². The number of hydrogen-bond donors (Lipinski definition) is 2. The van der Waals surface area contributed by atoms with E-state index in [1.807, 2.05) is 20.8 Å². The van der Waals surface area contributed by atoms with E-state index in [1.165, 1.54) is 5.06 Å². The molecule has 2 aliphatic heterocycles. The molecule has 0 aliphatic carbocycles. The Hall–Kier alpha value is -1.89. The normalized spacial score (nSPS) is 23.9. The minimum absolute atomic E-state index is 0.203. The fourth-order valence-electron chi connectivity index (χ4n) is 4.25. The molecule has 2 unspecified atom stereocenters. The Balaban J connectivity index is 2.04. The third kappa shape index (κ3) is 7.63. The topological polar surface area (TPSA) is 107 Å². The Labute approximate surface area is 186 Å². The standard InChI is InChI=1S/C22H39N5O4/c1-6-17(7-2)26-9-8-22(15-23,16-26)25-19(28)18(14-21(3,4)5)24-20(29)31-27-10-12-30-13-11-27/h17-18H,6-14,16H2,1-5H3,(H,24,29)(H,25,28). The number of likely N-dealkylation sites (tertiary alicyclic amines) is 1. The van der Waals surface area contributed by atoms with Gasteiger partial charge in [-0.25, -0.2) is 4.79 Å². The zero-order chi connectivity index (χ0) is 23.1. The van der Waals surface area contributed by atoms with Gasteiger partial charge in [-0.05, 0) is 31.1 Å². The van der Waals surface area contributed by atoms with E-state index in [9.17, 15) is 14.9 Å². The van der Waals surface area contributed by atoms with Crippen molar-refractivity contribution in [2.24, 2.45) is 5.41 Å². The molecular weight excluding hydrogens is 398 g/mol. The van der Waals surface area contributed by atoms with Gasteiger partial charge in [-0.2, -0.15) is 5.26 Å². The van der Waals surface area contributed by atoms with Crippen LogP contribution in [0.4, 0.5) is 4.79 Å². The van der Waals surface area contributed by atoms with Crippen LogP contribution in [-0.4, -0.2) is 79.0 Å². The molecule has 9 heteroatoms. The zero-order valence-electron chi connectivity index (χ0n) is 19.7. The van der Waals surface area contributed by atoms with Gasteiger partial charge in [0.2, 0.25) is 5.91 Å². The van der Waals surface area contributed by atoms with Gasteiger partial charge in [0.25, 0.3) is 0 Å². The lowest BCUT2D eigenvalue weighted by molar-refractivity contribution is -0.147. The van der Waals surface area contributed by atoms with Crippen LogP contribution in [0.5, 0.6) is 0 Å². The lowest BCUT2D eigenvalue weighted by atomic mass is 9.87. The number of carbonyl (C=O) groups excluding carboxylic acids is 2. The summed E-state index contributed by atoms with van der Waals surface area (Å²) in [6.07, 6.45) is 2.35. The zero-order valence-corrected chi connectivity index (χ0v) is 19.7. The summed E-state index contributed by atoms with van der Waals surface area (Å²) < 4.78 is 5.25. The first kappa shape index (κ1) is 25.4. The monoisotopic (exact) mass is 437 g/mol. The van der Waals surface area contributed by atoms with Gasteiger partial charge in [-0.1, -0.05) is 34.6 Å². The Kier molecular flexibility index (Phi) is 9.10. The predicted octanol–water partition coefficient (Wildman–Crippen LogP) is 2.04. The number of ether oxygens (including phenoxy) is 1. The van der Waals surface area contributed by atoms with E-state index in [1.54, 1.807) is 0 Å². The first-order valence-corrected chi connectivity index (χ1v) is 11.4. The second kappa shape index (κ2) is 11.1. The summed E-state index contributed by atoms with van der Waals surface area (Å²) in [5, 5.41) is 17.1. The third-order valence-electron chi connectivity index (χ3n) is 5.94. The van der Waals surface area contributed by atoms with E-state index in [2.05, 4.69) is 35.5 Å². The number of amides is 2. The minimum Gasteiger partial charge on any atom is -0.379 e. The van der Waals surface area contributed by atoms with Crippen molar-refractivity contribution in [3.05, 3.63) is 0 Å². The maximum Gasteiger partial charge on any atom is 0.426 e. The molecule has 31 heavy (non-hydrogen) atoms. The smallest absolute Gasteiger partial charge is 0.379 e. The molecule has 2 N–H and O–H groups in total. The maximum absolute atomic E-state index is 13.2. The molecule has 2 fully saturated rings. The number of hydroxylamine groups is 2. The largest absolute Gasteiger partial charge is 0.426 e. The van der Waals surface area contributed by atoms with Gasteiger partial charge in [0, 0.05) is 19.1 Å². The van der Waals surface area contributed by atoms with Gasteiger partial charge in [0.05, 0.1) is 32.4 Å². The van der Waals surface area contributed by atoms with Crippen LogP contribution in [0, 0.1) is 16.7 Å². The summed E-state index contributed by atoms with van der Waals surface area (Å²) >= 11 is 0. The van der Waals surface area contributed by atoms with Gasteiger partial charge in [-0.15, -0.1) is 5.06 Å². The van der Waals surface area contributed by atoms with E-state index in [-0.39, 0.29) is 11.3 Å². The van der Waals surface area contributed by atoms with E-state index in [0.717, 1.165) is 19.4 Å². The molecule has 0 radical (unpaired) electrons. The van der Waals surface area contributed by atoms with E-state index < -0.39 is 17.7 Å². The number of nitrogens with one attached hydrogen (secondary N) is 2. The van der Waals surface area contributed by atoms with Gasteiger partial charge >= 0.3 is 6.09 Å². The second-order valence-corrected chi connectivity index (χ2v) is 9.76. The highest BCUT2D eigenvalue weighted by atomic mass is 16.7. The quantitative estimate of drug-likeness (QED) is 0.598. The lowest BCUT2D eigenvalue weighted by Crippen LogP contribution is -2.57. The van der Waals surface area contributed by atoms with Crippen LogP contribution >= 0.6 is 0 Å². The van der Waals surface area contributed by atoms with Crippen molar-refractivity contribution < 1.29 is 19.2 Å². The van der Waals surface area contributed by atoms with E-state index >= 15 is 0 Å². The van der Waals surface area contributed by atoms with Crippen molar-refractivity contribution in [2.45, 2.75) is 77.9 Å². The molecule has 2 heterocycles. The van der Waals surface area contributed by atoms with Crippen LogP contribution < -0.4 is 10.6 Å². The van der Waals surface area contributed by atoms with E-state index in [0.29, 0.717) is 51.7 Å². The van der Waals surface area contributed by atoms with Crippen molar-refractivity contribution in [3.63, 3.8) is 0 Å². The molecule has 0 aromatic heterocycles. The third-order valence-corrected chi connectivity index (χ3v) is 5.94. The van der Waals surface area contributed by atoms with Crippen LogP contribution in [-0.2, 0) is 14.4 Å². The molecule has 0 spiro atoms. The van der Waals surface area contributed by atoms with Gasteiger partial charge in [0.15, 0.2) is 0 Å². The molecule has 0 saturated carbocycles. The molecule has 2 saturated heterocycles. The fourth-order valence-corrected chi connectivity index (χ4v) is 4.25. The SMILES string of the molecule is CCC(CC)N1CCC(C#N)(NC(=O)C(CC(C)(C)C)NC(=O)ON2CCOCC2)C1. The summed E-state index contributed by atoms with van der Waals surface area (Å²) in [7, 11) is 0. The lowest BCUT2D eigenvalue weighted by Gasteiger charge is -2.31. The van der Waals surface area contributed by atoms with Crippen molar-refractivity contribution in [3.8, 4) is 6.07 Å². The maximum atomic E-state index is 13.2. The fraction of sp³-hybridized carbons (Fsp3) is 0.864. The van der Waals surface area contributed by atoms with Crippen molar-refractivity contribution in [1.29, 1.82) is 5.26 Å².